The molecule has 0 bridgehead atoms. The summed E-state index contributed by atoms with van der Waals surface area (Å²) in [5, 5.41) is 8.72. The highest BCUT2D eigenvalue weighted by atomic mass is 16.5. The Balaban J connectivity index is 1.75. The number of anilines is 1. The molecule has 7 nitrogen and oxygen atoms in total. The van der Waals surface area contributed by atoms with Crippen LogP contribution in [0.3, 0.4) is 0 Å². The molecule has 2 rings (SSSR count). The topological polar surface area (TPSA) is 96.5 Å². The van der Waals surface area contributed by atoms with Crippen molar-refractivity contribution in [1.82, 2.24) is 14.9 Å². The van der Waals surface area contributed by atoms with E-state index in [0.29, 0.717) is 12.4 Å². The van der Waals surface area contributed by atoms with Gasteiger partial charge in [0.2, 0.25) is 0 Å². The molecule has 19 heavy (non-hydrogen) atoms. The van der Waals surface area contributed by atoms with Gasteiger partial charge >= 0.3 is 0 Å². The Kier molecular flexibility index (Phi) is 5.46. The van der Waals surface area contributed by atoms with Gasteiger partial charge < -0.3 is 15.3 Å². The van der Waals surface area contributed by atoms with Crippen LogP contribution in [0, 0.1) is 0 Å². The number of hydrazine groups is 1. The van der Waals surface area contributed by atoms with Crippen molar-refractivity contribution in [1.29, 1.82) is 0 Å². The van der Waals surface area contributed by atoms with E-state index in [4.69, 9.17) is 15.7 Å². The Labute approximate surface area is 112 Å². The van der Waals surface area contributed by atoms with Gasteiger partial charge in [-0.1, -0.05) is 0 Å². The van der Waals surface area contributed by atoms with Crippen molar-refractivity contribution in [3.05, 3.63) is 18.1 Å². The molecule has 2 heterocycles. The fraction of sp³-hybridized carbons (Fsp3) is 0.667. The number of aliphatic hydroxyl groups is 1. The highest BCUT2D eigenvalue weighted by Gasteiger charge is 2.19. The second-order valence-electron chi connectivity index (χ2n) is 4.61. The van der Waals surface area contributed by atoms with Gasteiger partial charge in [0.1, 0.15) is 0 Å². The number of rotatable bonds is 6. The molecular weight excluding hydrogens is 246 g/mol. The van der Waals surface area contributed by atoms with E-state index in [1.165, 1.54) is 0 Å². The fourth-order valence-electron chi connectivity index (χ4n) is 2.19. The number of aliphatic hydroxyl groups excluding tert-OH is 1. The number of hydrogen-bond donors (Lipinski definition) is 3. The molecule has 0 saturated carbocycles. The molecule has 1 aliphatic heterocycles. The average molecular weight is 267 g/mol. The van der Waals surface area contributed by atoms with Crippen molar-refractivity contribution in [2.24, 2.45) is 5.84 Å². The molecule has 0 aliphatic carbocycles. The number of nitrogen functional groups attached to an aromatic ring is 1. The monoisotopic (exact) mass is 267 g/mol. The maximum atomic E-state index is 8.72. The summed E-state index contributed by atoms with van der Waals surface area (Å²) in [6, 6.07) is 0. The largest absolute Gasteiger partial charge is 0.394 e. The van der Waals surface area contributed by atoms with Crippen LogP contribution in [-0.2, 0) is 11.3 Å². The van der Waals surface area contributed by atoms with E-state index in [1.807, 2.05) is 0 Å². The summed E-state index contributed by atoms with van der Waals surface area (Å²) in [4.78, 5) is 10.8. The molecule has 0 atom stereocenters. The lowest BCUT2D eigenvalue weighted by Crippen LogP contribution is -2.37. The van der Waals surface area contributed by atoms with Crippen LogP contribution >= 0.6 is 0 Å². The highest BCUT2D eigenvalue weighted by Crippen LogP contribution is 2.15. The Hall–Kier alpha value is -1.28. The molecule has 106 valence electrons. The molecule has 1 aromatic heterocycles. The van der Waals surface area contributed by atoms with E-state index in [0.717, 1.165) is 38.2 Å². The lowest BCUT2D eigenvalue weighted by atomic mass is 10.1. The molecule has 1 saturated heterocycles. The summed E-state index contributed by atoms with van der Waals surface area (Å²) in [6.45, 7) is 3.29. The number of aromatic nitrogens is 2. The van der Waals surface area contributed by atoms with Gasteiger partial charge in [-0.15, -0.1) is 0 Å². The maximum Gasteiger partial charge on any atom is 0.158 e. The number of likely N-dealkylation sites (tertiary alicyclic amines) is 1. The molecule has 0 aromatic carbocycles. The van der Waals surface area contributed by atoms with Gasteiger partial charge in [0, 0.05) is 19.6 Å². The minimum atomic E-state index is 0.0946. The van der Waals surface area contributed by atoms with Crippen LogP contribution in [0.5, 0.6) is 0 Å². The summed E-state index contributed by atoms with van der Waals surface area (Å²) < 4.78 is 5.53. The van der Waals surface area contributed by atoms with Gasteiger partial charge in [0.25, 0.3) is 0 Å². The van der Waals surface area contributed by atoms with Crippen molar-refractivity contribution in [3.8, 4) is 0 Å². The lowest BCUT2D eigenvalue weighted by molar-refractivity contribution is -0.00920. The number of nitrogens with one attached hydrogen (secondary N) is 1. The van der Waals surface area contributed by atoms with Crippen molar-refractivity contribution >= 4 is 5.82 Å². The second-order valence-corrected chi connectivity index (χ2v) is 4.61. The van der Waals surface area contributed by atoms with Gasteiger partial charge in [0.15, 0.2) is 5.82 Å². The van der Waals surface area contributed by atoms with Crippen LogP contribution in [0.1, 0.15) is 18.5 Å². The number of hydrogen-bond acceptors (Lipinski definition) is 7. The van der Waals surface area contributed by atoms with Gasteiger partial charge in [0.05, 0.1) is 37.4 Å². The van der Waals surface area contributed by atoms with E-state index >= 15 is 0 Å². The summed E-state index contributed by atoms with van der Waals surface area (Å²) in [7, 11) is 0. The van der Waals surface area contributed by atoms with Crippen molar-refractivity contribution in [2.45, 2.75) is 25.5 Å². The van der Waals surface area contributed by atoms with Crippen molar-refractivity contribution in [3.63, 3.8) is 0 Å². The van der Waals surface area contributed by atoms with Crippen LogP contribution in [0.15, 0.2) is 12.4 Å². The molecule has 1 aliphatic rings. The zero-order valence-electron chi connectivity index (χ0n) is 11.0. The summed E-state index contributed by atoms with van der Waals surface area (Å²) in [6.07, 6.45) is 5.64. The maximum absolute atomic E-state index is 8.72. The summed E-state index contributed by atoms with van der Waals surface area (Å²) >= 11 is 0. The van der Waals surface area contributed by atoms with Crippen LogP contribution in [0.2, 0.25) is 0 Å². The first-order valence-electron chi connectivity index (χ1n) is 6.54. The first-order valence-corrected chi connectivity index (χ1v) is 6.54. The molecular formula is C12H21N5O2. The highest BCUT2D eigenvalue weighted by molar-refractivity contribution is 5.28. The van der Waals surface area contributed by atoms with Crippen molar-refractivity contribution in [2.75, 3.05) is 31.7 Å². The minimum Gasteiger partial charge on any atom is -0.394 e. The summed E-state index contributed by atoms with van der Waals surface area (Å²) in [5.41, 5.74) is 3.40. The predicted molar refractivity (Wildman–Crippen MR) is 71.2 cm³/mol. The average Bonchev–Trinajstić information content (AvgIpc) is 2.47. The van der Waals surface area contributed by atoms with Crippen LogP contribution in [0.25, 0.3) is 0 Å². The van der Waals surface area contributed by atoms with Gasteiger partial charge in [-0.3, -0.25) is 9.88 Å². The zero-order chi connectivity index (χ0) is 13.5. The Morgan fingerprint density at radius 2 is 2.16 bits per heavy atom. The predicted octanol–water partition coefficient (Wildman–Crippen LogP) is -0.264. The first-order chi connectivity index (χ1) is 9.31. The smallest absolute Gasteiger partial charge is 0.158 e. The fourth-order valence-corrected chi connectivity index (χ4v) is 2.19. The number of nitrogens with zero attached hydrogens (tertiary/aromatic N) is 3. The van der Waals surface area contributed by atoms with E-state index in [-0.39, 0.29) is 12.7 Å². The molecule has 0 unspecified atom stereocenters. The Bertz CT molecular complexity index is 365. The number of piperidine rings is 1. The van der Waals surface area contributed by atoms with Crippen LogP contribution in [-0.4, -0.2) is 52.4 Å². The zero-order valence-corrected chi connectivity index (χ0v) is 11.0. The third kappa shape index (κ3) is 4.39. The van der Waals surface area contributed by atoms with E-state index in [2.05, 4.69) is 20.3 Å². The van der Waals surface area contributed by atoms with Gasteiger partial charge in [-0.25, -0.2) is 10.8 Å². The molecule has 7 heteroatoms. The van der Waals surface area contributed by atoms with E-state index < -0.39 is 0 Å². The molecule has 0 radical (unpaired) electrons. The molecule has 0 spiro atoms. The standard InChI is InChI=1S/C12H21N5O2/c13-16-12-8-14-10(7-15-12)9-17-3-1-11(2-4-17)19-6-5-18/h7-8,11,18H,1-6,9,13H2,(H,15,16). The second kappa shape index (κ2) is 7.34. The normalized spacial score (nSPS) is 17.6. The quantitative estimate of drug-likeness (QED) is 0.482. The van der Waals surface area contributed by atoms with E-state index in [1.54, 1.807) is 12.4 Å². The molecule has 1 aromatic rings. The first kappa shape index (κ1) is 14.1. The Morgan fingerprint density at radius 1 is 1.37 bits per heavy atom. The van der Waals surface area contributed by atoms with Crippen LogP contribution in [0.4, 0.5) is 5.82 Å². The minimum absolute atomic E-state index is 0.0946. The summed E-state index contributed by atoms with van der Waals surface area (Å²) in [5.74, 6) is 5.81. The third-order valence-electron chi connectivity index (χ3n) is 3.22. The Morgan fingerprint density at radius 3 is 2.74 bits per heavy atom. The third-order valence-corrected chi connectivity index (χ3v) is 3.22. The van der Waals surface area contributed by atoms with E-state index in [9.17, 15) is 0 Å². The molecule has 4 N–H and O–H groups in total. The lowest BCUT2D eigenvalue weighted by Gasteiger charge is -2.31. The van der Waals surface area contributed by atoms with Gasteiger partial charge in [-0.2, -0.15) is 0 Å². The van der Waals surface area contributed by atoms with Crippen molar-refractivity contribution < 1.29 is 9.84 Å². The number of nitrogens with two attached hydrogens (primary N) is 1. The SMILES string of the molecule is NNc1cnc(CN2CCC(OCCO)CC2)cn1. The van der Waals surface area contributed by atoms with Crippen LogP contribution < -0.4 is 11.3 Å². The van der Waals surface area contributed by atoms with Gasteiger partial charge in [-0.05, 0) is 12.8 Å². The molecule has 0 amide bonds. The molecule has 1 fully saturated rings. The number of ether oxygens (including phenoxy) is 1.